The van der Waals surface area contributed by atoms with Crippen molar-refractivity contribution in [2.75, 3.05) is 18.4 Å². The van der Waals surface area contributed by atoms with Crippen molar-refractivity contribution in [1.82, 2.24) is 4.90 Å². The van der Waals surface area contributed by atoms with Crippen LogP contribution in [0, 0.1) is 29.9 Å². The Morgan fingerprint density at radius 1 is 1.32 bits per heavy atom. The number of nitrogens with one attached hydrogen (secondary N) is 1. The van der Waals surface area contributed by atoms with Crippen LogP contribution < -0.4 is 5.32 Å². The molecule has 0 aromatic heterocycles. The Balaban J connectivity index is 1.73. The van der Waals surface area contributed by atoms with Crippen LogP contribution in [0.3, 0.4) is 0 Å². The van der Waals surface area contributed by atoms with Crippen molar-refractivity contribution in [1.29, 1.82) is 0 Å². The van der Waals surface area contributed by atoms with Gasteiger partial charge in [-0.05, 0) is 44.7 Å². The molecule has 1 aromatic rings. The molecule has 7 nitrogen and oxygen atoms in total. The summed E-state index contributed by atoms with van der Waals surface area (Å²) in [5.74, 6) is 0.120. The fourth-order valence-electron chi connectivity index (χ4n) is 4.12. The number of anilines is 1. The van der Waals surface area contributed by atoms with Crippen LogP contribution in [-0.4, -0.2) is 39.7 Å². The normalized spacial score (nSPS) is 26.0. The Morgan fingerprint density at radius 3 is 2.80 bits per heavy atom. The summed E-state index contributed by atoms with van der Waals surface area (Å²) in [6.07, 6.45) is 4.49. The van der Waals surface area contributed by atoms with Gasteiger partial charge in [0.15, 0.2) is 0 Å². The van der Waals surface area contributed by atoms with Gasteiger partial charge in [0, 0.05) is 30.6 Å². The lowest BCUT2D eigenvalue weighted by Gasteiger charge is -2.47. The minimum atomic E-state index is -0.631. The zero-order valence-electron chi connectivity index (χ0n) is 14.7. The van der Waals surface area contributed by atoms with Crippen molar-refractivity contribution in [2.45, 2.75) is 51.6 Å². The molecule has 1 aliphatic carbocycles. The van der Waals surface area contributed by atoms with Gasteiger partial charge in [0.2, 0.25) is 0 Å². The Bertz CT molecular complexity index is 706. The zero-order valence-corrected chi connectivity index (χ0v) is 14.7. The molecule has 1 saturated heterocycles. The largest absolute Gasteiger partial charge is 0.389 e. The molecule has 2 fully saturated rings. The second-order valence-corrected chi connectivity index (χ2v) is 7.38. The smallest absolute Gasteiger partial charge is 0.321 e. The first-order valence-electron chi connectivity index (χ1n) is 8.84. The molecule has 1 heterocycles. The third kappa shape index (κ3) is 3.46. The molecule has 3 rings (SSSR count). The first-order chi connectivity index (χ1) is 11.8. The molecule has 2 N–H and O–H groups in total. The fourth-order valence-corrected chi connectivity index (χ4v) is 4.12. The van der Waals surface area contributed by atoms with Crippen molar-refractivity contribution >= 4 is 17.4 Å². The van der Waals surface area contributed by atoms with Crippen LogP contribution in [0.4, 0.5) is 16.2 Å². The number of carbonyl (C=O) groups excluding carboxylic acids is 1. The molecule has 0 unspecified atom stereocenters. The average molecular weight is 347 g/mol. The van der Waals surface area contributed by atoms with Crippen LogP contribution >= 0.6 is 0 Å². The number of benzene rings is 1. The first kappa shape index (κ1) is 17.7. The van der Waals surface area contributed by atoms with Crippen LogP contribution in [0.25, 0.3) is 0 Å². The molecule has 0 radical (unpaired) electrons. The standard InChI is InChI=1S/C18H25N3O4/c1-12-9-13(2)16(21(24)25)10-15(12)19-17(22)20-8-7-18(23)6-4-3-5-14(18)11-20/h9-10,14,23H,3-8,11H2,1-2H3,(H,19,22)/t14-,18-/m1/s1. The van der Waals surface area contributed by atoms with E-state index in [-0.39, 0.29) is 17.6 Å². The van der Waals surface area contributed by atoms with E-state index in [1.807, 2.05) is 6.92 Å². The maximum atomic E-state index is 12.6. The number of nitrogens with zero attached hydrogens (tertiary/aromatic N) is 2. The summed E-state index contributed by atoms with van der Waals surface area (Å²) >= 11 is 0. The Kier molecular flexibility index (Phi) is 4.69. The molecule has 2 atom stereocenters. The number of aryl methyl sites for hydroxylation is 2. The number of nitro groups is 1. The third-order valence-electron chi connectivity index (χ3n) is 5.70. The number of nitro benzene ring substituents is 1. The Morgan fingerprint density at radius 2 is 2.08 bits per heavy atom. The lowest BCUT2D eigenvalue weighted by molar-refractivity contribution is -0.385. The van der Waals surface area contributed by atoms with Gasteiger partial charge in [-0.15, -0.1) is 0 Å². The molecule has 25 heavy (non-hydrogen) atoms. The zero-order chi connectivity index (χ0) is 18.2. The van der Waals surface area contributed by atoms with Gasteiger partial charge < -0.3 is 15.3 Å². The number of rotatable bonds is 2. The highest BCUT2D eigenvalue weighted by molar-refractivity contribution is 5.90. The van der Waals surface area contributed by atoms with Gasteiger partial charge in [0.05, 0.1) is 16.2 Å². The summed E-state index contributed by atoms with van der Waals surface area (Å²) in [5.41, 5.74) is 1.20. The van der Waals surface area contributed by atoms with Crippen molar-refractivity contribution in [2.24, 2.45) is 5.92 Å². The van der Waals surface area contributed by atoms with Gasteiger partial charge >= 0.3 is 6.03 Å². The summed E-state index contributed by atoms with van der Waals surface area (Å²) in [6, 6.07) is 2.88. The van der Waals surface area contributed by atoms with Crippen LogP contribution in [0.2, 0.25) is 0 Å². The highest BCUT2D eigenvalue weighted by Gasteiger charge is 2.43. The van der Waals surface area contributed by atoms with Gasteiger partial charge in [-0.25, -0.2) is 4.79 Å². The van der Waals surface area contributed by atoms with E-state index in [4.69, 9.17) is 0 Å². The van der Waals surface area contributed by atoms with Crippen molar-refractivity contribution in [3.05, 3.63) is 33.4 Å². The van der Waals surface area contributed by atoms with Crippen molar-refractivity contribution in [3.63, 3.8) is 0 Å². The second-order valence-electron chi connectivity index (χ2n) is 7.38. The van der Waals surface area contributed by atoms with Crippen LogP contribution in [0.5, 0.6) is 0 Å². The van der Waals surface area contributed by atoms with Crippen LogP contribution in [-0.2, 0) is 0 Å². The minimum absolute atomic E-state index is 0.00111. The van der Waals surface area contributed by atoms with Crippen LogP contribution in [0.15, 0.2) is 12.1 Å². The summed E-state index contributed by atoms with van der Waals surface area (Å²) in [7, 11) is 0. The van der Waals surface area contributed by atoms with Crippen LogP contribution in [0.1, 0.15) is 43.2 Å². The molecule has 2 amide bonds. The predicted octanol–water partition coefficient (Wildman–Crippen LogP) is 3.37. The lowest BCUT2D eigenvalue weighted by atomic mass is 9.71. The summed E-state index contributed by atoms with van der Waals surface area (Å²) in [4.78, 5) is 25.0. The van der Waals surface area contributed by atoms with Gasteiger partial charge in [-0.3, -0.25) is 10.1 Å². The Hall–Kier alpha value is -2.15. The van der Waals surface area contributed by atoms with Gasteiger partial charge in [0.1, 0.15) is 0 Å². The summed E-state index contributed by atoms with van der Waals surface area (Å²) in [6.45, 7) is 4.55. The maximum absolute atomic E-state index is 12.6. The number of aliphatic hydroxyl groups is 1. The molecule has 1 saturated carbocycles. The molecular formula is C18H25N3O4. The monoisotopic (exact) mass is 347 g/mol. The van der Waals surface area contributed by atoms with Crippen molar-refractivity contribution < 1.29 is 14.8 Å². The molecular weight excluding hydrogens is 322 g/mol. The van der Waals surface area contributed by atoms with E-state index in [0.29, 0.717) is 30.8 Å². The van der Waals surface area contributed by atoms with Crippen molar-refractivity contribution in [3.8, 4) is 0 Å². The second kappa shape index (κ2) is 6.63. The highest BCUT2D eigenvalue weighted by atomic mass is 16.6. The van der Waals surface area contributed by atoms with E-state index in [9.17, 15) is 20.0 Å². The van der Waals surface area contributed by atoms with E-state index in [2.05, 4.69) is 5.32 Å². The fraction of sp³-hybridized carbons (Fsp3) is 0.611. The number of urea groups is 1. The SMILES string of the molecule is Cc1cc(C)c([N+](=O)[O-])cc1NC(=O)N1CC[C@]2(O)CCCC[C@@H]2C1. The highest BCUT2D eigenvalue weighted by Crippen LogP contribution is 2.40. The molecule has 2 aliphatic rings. The first-order valence-corrected chi connectivity index (χ1v) is 8.84. The number of hydrogen-bond acceptors (Lipinski definition) is 4. The molecule has 1 aromatic carbocycles. The van der Waals surface area contributed by atoms with E-state index in [0.717, 1.165) is 31.2 Å². The molecule has 7 heteroatoms. The topological polar surface area (TPSA) is 95.7 Å². The average Bonchev–Trinajstić information content (AvgIpc) is 2.56. The van der Waals surface area contributed by atoms with E-state index < -0.39 is 10.5 Å². The predicted molar refractivity (Wildman–Crippen MR) is 94.7 cm³/mol. The van der Waals surface area contributed by atoms with E-state index in [1.54, 1.807) is 17.9 Å². The molecule has 0 spiro atoms. The van der Waals surface area contributed by atoms with E-state index >= 15 is 0 Å². The minimum Gasteiger partial charge on any atom is -0.389 e. The third-order valence-corrected chi connectivity index (χ3v) is 5.70. The van der Waals surface area contributed by atoms with Gasteiger partial charge in [-0.1, -0.05) is 12.8 Å². The Labute approximate surface area is 147 Å². The summed E-state index contributed by atoms with van der Waals surface area (Å²) < 4.78 is 0. The number of carbonyl (C=O) groups is 1. The lowest BCUT2D eigenvalue weighted by Crippen LogP contribution is -2.55. The summed E-state index contributed by atoms with van der Waals surface area (Å²) in [5, 5.41) is 24.7. The molecule has 1 aliphatic heterocycles. The van der Waals surface area contributed by atoms with Gasteiger partial charge in [-0.2, -0.15) is 0 Å². The quantitative estimate of drug-likeness (QED) is 0.633. The number of piperidine rings is 1. The van der Waals surface area contributed by atoms with E-state index in [1.165, 1.54) is 6.07 Å². The molecule has 136 valence electrons. The number of amides is 2. The number of hydrogen-bond donors (Lipinski definition) is 2. The molecule has 0 bridgehead atoms. The van der Waals surface area contributed by atoms with Gasteiger partial charge in [0.25, 0.3) is 5.69 Å². The maximum Gasteiger partial charge on any atom is 0.321 e. The number of likely N-dealkylation sites (tertiary alicyclic amines) is 1. The number of fused-ring (bicyclic) bond motifs is 1.